The molecular formula is C12H16N2O. The monoisotopic (exact) mass is 204 g/mol. The van der Waals surface area contributed by atoms with E-state index in [1.54, 1.807) is 6.20 Å². The Labute approximate surface area is 90.5 Å². The zero-order valence-electron chi connectivity index (χ0n) is 9.18. The highest BCUT2D eigenvalue weighted by molar-refractivity contribution is 5.92. The molecule has 3 heteroatoms. The molecule has 1 fully saturated rings. The second kappa shape index (κ2) is 4.16. The molecule has 0 spiro atoms. The van der Waals surface area contributed by atoms with E-state index in [1.807, 2.05) is 6.08 Å². The van der Waals surface area contributed by atoms with Crippen LogP contribution in [-0.2, 0) is 4.74 Å². The van der Waals surface area contributed by atoms with E-state index in [4.69, 9.17) is 10.00 Å². The quantitative estimate of drug-likeness (QED) is 0.708. The first-order valence-electron chi connectivity index (χ1n) is 5.51. The Balaban J connectivity index is 2.10. The second-order valence-corrected chi connectivity index (χ2v) is 4.46. The maximum absolute atomic E-state index is 9.17. The third-order valence-corrected chi connectivity index (χ3v) is 2.75. The minimum absolute atomic E-state index is 0.0857. The fourth-order valence-electron chi connectivity index (χ4n) is 1.77. The van der Waals surface area contributed by atoms with Crippen molar-refractivity contribution < 1.29 is 4.74 Å². The molecule has 0 aromatic heterocycles. The van der Waals surface area contributed by atoms with Gasteiger partial charge in [-0.2, -0.15) is 5.26 Å². The molecule has 1 aliphatic heterocycles. The van der Waals surface area contributed by atoms with Crippen LogP contribution < -0.4 is 0 Å². The van der Waals surface area contributed by atoms with E-state index in [0.717, 1.165) is 18.6 Å². The third kappa shape index (κ3) is 2.27. The van der Waals surface area contributed by atoms with Crippen molar-refractivity contribution in [3.63, 3.8) is 0 Å². The van der Waals surface area contributed by atoms with E-state index in [-0.39, 0.29) is 12.0 Å². The van der Waals surface area contributed by atoms with Crippen LogP contribution in [0.4, 0.5) is 0 Å². The van der Waals surface area contributed by atoms with Gasteiger partial charge < -0.3 is 4.74 Å². The Bertz CT molecular complexity index is 334. The summed E-state index contributed by atoms with van der Waals surface area (Å²) in [6.07, 6.45) is 6.24. The van der Waals surface area contributed by atoms with Crippen LogP contribution in [0.1, 0.15) is 26.7 Å². The van der Waals surface area contributed by atoms with Crippen molar-refractivity contribution >= 4 is 5.71 Å². The lowest BCUT2D eigenvalue weighted by Gasteiger charge is -2.25. The van der Waals surface area contributed by atoms with Gasteiger partial charge in [0, 0.05) is 11.9 Å². The highest BCUT2D eigenvalue weighted by Crippen LogP contribution is 2.30. The van der Waals surface area contributed by atoms with Gasteiger partial charge in [0.2, 0.25) is 0 Å². The Morgan fingerprint density at radius 1 is 1.53 bits per heavy atom. The maximum Gasteiger partial charge on any atom is 0.115 e. The molecule has 2 rings (SSSR count). The smallest absolute Gasteiger partial charge is 0.115 e. The lowest BCUT2D eigenvalue weighted by atomic mass is 9.89. The summed E-state index contributed by atoms with van der Waals surface area (Å²) < 4.78 is 5.80. The molecule has 0 radical (unpaired) electrons. The summed E-state index contributed by atoms with van der Waals surface area (Å²) in [4.78, 5) is 4.29. The third-order valence-electron chi connectivity index (χ3n) is 2.75. The zero-order valence-corrected chi connectivity index (χ0v) is 9.18. The maximum atomic E-state index is 9.17. The molecule has 15 heavy (non-hydrogen) atoms. The summed E-state index contributed by atoms with van der Waals surface area (Å²) in [6, 6.07) is 2.31. The first-order valence-corrected chi connectivity index (χ1v) is 5.51. The van der Waals surface area contributed by atoms with Gasteiger partial charge in [-0.15, -0.1) is 0 Å². The van der Waals surface area contributed by atoms with E-state index in [9.17, 15) is 0 Å². The largest absolute Gasteiger partial charge is 0.369 e. The predicted molar refractivity (Wildman–Crippen MR) is 58.4 cm³/mol. The lowest BCUT2D eigenvalue weighted by Crippen LogP contribution is -2.33. The fraction of sp³-hybridized carbons (Fsp3) is 0.667. The molecule has 0 saturated heterocycles. The van der Waals surface area contributed by atoms with E-state index in [0.29, 0.717) is 12.0 Å². The topological polar surface area (TPSA) is 45.4 Å². The first kappa shape index (κ1) is 10.4. The van der Waals surface area contributed by atoms with Gasteiger partial charge in [0.05, 0.1) is 18.3 Å². The van der Waals surface area contributed by atoms with Gasteiger partial charge in [0.15, 0.2) is 0 Å². The van der Waals surface area contributed by atoms with Crippen molar-refractivity contribution in [2.45, 2.75) is 38.9 Å². The molecule has 0 bridgehead atoms. The van der Waals surface area contributed by atoms with Crippen molar-refractivity contribution in [1.29, 1.82) is 5.26 Å². The summed E-state index contributed by atoms with van der Waals surface area (Å²) >= 11 is 0. The molecule has 0 N–H and O–H groups in total. The van der Waals surface area contributed by atoms with Crippen LogP contribution in [0.15, 0.2) is 17.3 Å². The van der Waals surface area contributed by atoms with Crippen LogP contribution in [0, 0.1) is 23.2 Å². The van der Waals surface area contributed by atoms with Crippen molar-refractivity contribution in [2.24, 2.45) is 16.8 Å². The molecule has 0 aromatic rings. The second-order valence-electron chi connectivity index (χ2n) is 4.46. The Morgan fingerprint density at radius 3 is 2.80 bits per heavy atom. The SMILES string of the molecule is CC(C)C1=NC=CC(OC2CC2)C1C#N. The standard InChI is InChI=1S/C12H16N2O/c1-8(2)12-10(7-13)11(5-6-14-12)15-9-3-4-9/h5-6,8-11H,3-4H2,1-2H3. The normalized spacial score (nSPS) is 30.1. The van der Waals surface area contributed by atoms with Gasteiger partial charge in [-0.3, -0.25) is 4.99 Å². The lowest BCUT2D eigenvalue weighted by molar-refractivity contribution is 0.0594. The minimum Gasteiger partial charge on any atom is -0.369 e. The number of ether oxygens (including phenoxy) is 1. The number of nitriles is 1. The van der Waals surface area contributed by atoms with E-state index in [2.05, 4.69) is 24.9 Å². The Hall–Kier alpha value is -1.14. The minimum atomic E-state index is -0.199. The van der Waals surface area contributed by atoms with Crippen LogP contribution in [0.2, 0.25) is 0 Å². The highest BCUT2D eigenvalue weighted by Gasteiger charge is 2.34. The molecule has 0 aromatic carbocycles. The first-order chi connectivity index (χ1) is 7.22. The van der Waals surface area contributed by atoms with Gasteiger partial charge in [-0.05, 0) is 24.8 Å². The highest BCUT2D eigenvalue weighted by atomic mass is 16.5. The summed E-state index contributed by atoms with van der Waals surface area (Å²) in [7, 11) is 0. The van der Waals surface area contributed by atoms with Crippen LogP contribution >= 0.6 is 0 Å². The van der Waals surface area contributed by atoms with Crippen molar-refractivity contribution in [1.82, 2.24) is 0 Å². The van der Waals surface area contributed by atoms with Gasteiger partial charge in [-0.1, -0.05) is 13.8 Å². The fourth-order valence-corrected chi connectivity index (χ4v) is 1.77. The molecule has 0 amide bonds. The summed E-state index contributed by atoms with van der Waals surface area (Å²) in [5, 5.41) is 9.17. The summed E-state index contributed by atoms with van der Waals surface area (Å²) in [6.45, 7) is 4.13. The average molecular weight is 204 g/mol. The zero-order chi connectivity index (χ0) is 10.8. The van der Waals surface area contributed by atoms with Gasteiger partial charge in [-0.25, -0.2) is 0 Å². The van der Waals surface area contributed by atoms with E-state index in [1.165, 1.54) is 0 Å². The molecular weight excluding hydrogens is 188 g/mol. The van der Waals surface area contributed by atoms with E-state index < -0.39 is 0 Å². The summed E-state index contributed by atoms with van der Waals surface area (Å²) in [5.74, 6) is 0.112. The molecule has 80 valence electrons. The number of hydrogen-bond donors (Lipinski definition) is 0. The molecule has 1 aliphatic carbocycles. The van der Waals surface area contributed by atoms with Gasteiger partial charge in [0.1, 0.15) is 5.92 Å². The average Bonchev–Trinajstić information content (AvgIpc) is 3.01. The predicted octanol–water partition coefficient (Wildman–Crippen LogP) is 2.30. The van der Waals surface area contributed by atoms with Crippen LogP contribution in [0.3, 0.4) is 0 Å². The van der Waals surface area contributed by atoms with Crippen LogP contribution in [-0.4, -0.2) is 17.9 Å². The van der Waals surface area contributed by atoms with E-state index >= 15 is 0 Å². The number of hydrogen-bond acceptors (Lipinski definition) is 3. The summed E-state index contributed by atoms with van der Waals surface area (Å²) in [5.41, 5.74) is 0.950. The Morgan fingerprint density at radius 2 is 2.27 bits per heavy atom. The van der Waals surface area contributed by atoms with Crippen LogP contribution in [0.5, 0.6) is 0 Å². The molecule has 1 saturated carbocycles. The number of nitrogens with zero attached hydrogens (tertiary/aromatic N) is 2. The molecule has 2 atom stereocenters. The Kier molecular flexibility index (Phi) is 2.88. The molecule has 2 unspecified atom stereocenters. The van der Waals surface area contributed by atoms with Gasteiger partial charge in [0.25, 0.3) is 0 Å². The molecule has 3 nitrogen and oxygen atoms in total. The van der Waals surface area contributed by atoms with Gasteiger partial charge >= 0.3 is 0 Å². The number of aliphatic imine (C=N–C) groups is 1. The van der Waals surface area contributed by atoms with Crippen molar-refractivity contribution in [3.05, 3.63) is 12.3 Å². The molecule has 1 heterocycles. The van der Waals surface area contributed by atoms with Crippen molar-refractivity contribution in [3.8, 4) is 6.07 Å². The van der Waals surface area contributed by atoms with Crippen molar-refractivity contribution in [2.75, 3.05) is 0 Å². The number of rotatable bonds is 3. The van der Waals surface area contributed by atoms with Crippen LogP contribution in [0.25, 0.3) is 0 Å². The molecule has 2 aliphatic rings.